The van der Waals surface area contributed by atoms with Crippen LogP contribution in [0.3, 0.4) is 0 Å². The third kappa shape index (κ3) is 5.18. The van der Waals surface area contributed by atoms with Crippen molar-refractivity contribution in [3.8, 4) is 11.4 Å². The predicted molar refractivity (Wildman–Crippen MR) is 133 cm³/mol. The van der Waals surface area contributed by atoms with E-state index in [0.717, 1.165) is 5.56 Å². The third-order valence-corrected chi connectivity index (χ3v) is 5.58. The van der Waals surface area contributed by atoms with Crippen molar-refractivity contribution in [2.75, 3.05) is 11.9 Å². The SMILES string of the molecule is CCOc1ccc(C(=O)NC(=S)Nc2cc3nn(-c4ccc(F)cc4)nc3cc2C)cc1Br. The van der Waals surface area contributed by atoms with Gasteiger partial charge in [0.25, 0.3) is 5.91 Å². The molecule has 0 aliphatic heterocycles. The number of carbonyl (C=O) groups is 1. The lowest BCUT2D eigenvalue weighted by atomic mass is 10.2. The number of aryl methyl sites for hydroxylation is 1. The van der Waals surface area contributed by atoms with Crippen molar-refractivity contribution in [2.24, 2.45) is 0 Å². The zero-order valence-electron chi connectivity index (χ0n) is 17.7. The molecule has 0 saturated heterocycles. The molecule has 1 heterocycles. The molecule has 0 aliphatic rings. The van der Waals surface area contributed by atoms with Crippen molar-refractivity contribution >= 4 is 55.9 Å². The monoisotopic (exact) mass is 527 g/mol. The second kappa shape index (κ2) is 9.63. The Hall–Kier alpha value is -3.37. The third-order valence-electron chi connectivity index (χ3n) is 4.75. The Morgan fingerprint density at radius 1 is 1.12 bits per heavy atom. The molecule has 4 aromatic rings. The van der Waals surface area contributed by atoms with E-state index in [-0.39, 0.29) is 16.8 Å². The van der Waals surface area contributed by atoms with Gasteiger partial charge in [-0.2, -0.15) is 4.80 Å². The highest BCUT2D eigenvalue weighted by Gasteiger charge is 2.13. The van der Waals surface area contributed by atoms with Gasteiger partial charge in [0.1, 0.15) is 22.6 Å². The summed E-state index contributed by atoms with van der Waals surface area (Å²) in [6, 6.07) is 14.6. The Morgan fingerprint density at radius 2 is 1.82 bits per heavy atom. The summed E-state index contributed by atoms with van der Waals surface area (Å²) < 4.78 is 19.3. The fraction of sp³-hybridized carbons (Fsp3) is 0.130. The van der Waals surface area contributed by atoms with Crippen LogP contribution in [0.15, 0.2) is 59.1 Å². The average Bonchev–Trinajstić information content (AvgIpc) is 3.18. The van der Waals surface area contributed by atoms with Gasteiger partial charge in [0.15, 0.2) is 5.11 Å². The van der Waals surface area contributed by atoms with Crippen molar-refractivity contribution in [1.82, 2.24) is 20.3 Å². The summed E-state index contributed by atoms with van der Waals surface area (Å²) in [6.07, 6.45) is 0. The van der Waals surface area contributed by atoms with E-state index in [1.54, 1.807) is 36.4 Å². The fourth-order valence-electron chi connectivity index (χ4n) is 3.14. The number of hydrogen-bond donors (Lipinski definition) is 2. The fourth-order valence-corrected chi connectivity index (χ4v) is 3.83. The van der Waals surface area contributed by atoms with Gasteiger partial charge >= 0.3 is 0 Å². The van der Waals surface area contributed by atoms with Crippen LogP contribution >= 0.6 is 28.1 Å². The van der Waals surface area contributed by atoms with Crippen LogP contribution in [-0.2, 0) is 0 Å². The second-order valence-electron chi connectivity index (χ2n) is 7.11. The van der Waals surface area contributed by atoms with E-state index in [1.165, 1.54) is 16.9 Å². The minimum atomic E-state index is -0.350. The first-order chi connectivity index (χ1) is 15.8. The highest BCUT2D eigenvalue weighted by Crippen LogP contribution is 2.26. The molecule has 0 atom stereocenters. The zero-order valence-corrected chi connectivity index (χ0v) is 20.1. The number of carbonyl (C=O) groups excluding carboxylic acids is 1. The van der Waals surface area contributed by atoms with Crippen molar-refractivity contribution in [2.45, 2.75) is 13.8 Å². The van der Waals surface area contributed by atoms with Crippen LogP contribution in [0.25, 0.3) is 16.7 Å². The predicted octanol–water partition coefficient (Wildman–Crippen LogP) is 5.16. The summed E-state index contributed by atoms with van der Waals surface area (Å²) in [5, 5.41) is 14.8. The highest BCUT2D eigenvalue weighted by atomic mass is 79.9. The standard InChI is InChI=1S/C23H19BrFN5O2S/c1-3-32-21-9-4-14(11-17(21)24)22(31)27-23(33)26-18-12-20-19(10-13(18)2)28-30(29-20)16-7-5-15(25)6-8-16/h4-12H,3H2,1-2H3,(H2,26,27,31,33). The first-order valence-electron chi connectivity index (χ1n) is 10.0. The Labute approximate surface area is 203 Å². The number of halogens is 2. The summed E-state index contributed by atoms with van der Waals surface area (Å²) in [4.78, 5) is 14.0. The summed E-state index contributed by atoms with van der Waals surface area (Å²) in [5.41, 5.74) is 3.93. The summed E-state index contributed by atoms with van der Waals surface area (Å²) >= 11 is 8.74. The largest absolute Gasteiger partial charge is 0.493 e. The van der Waals surface area contributed by atoms with Gasteiger partial charge in [0, 0.05) is 11.3 Å². The molecule has 2 N–H and O–H groups in total. The van der Waals surface area contributed by atoms with Crippen LogP contribution in [-0.4, -0.2) is 32.6 Å². The first kappa shape index (κ1) is 22.8. The van der Waals surface area contributed by atoms with Gasteiger partial charge in [-0.3, -0.25) is 10.1 Å². The number of nitrogens with one attached hydrogen (secondary N) is 2. The van der Waals surface area contributed by atoms with E-state index < -0.39 is 0 Å². The van der Waals surface area contributed by atoms with Gasteiger partial charge in [-0.05, 0) is 102 Å². The van der Waals surface area contributed by atoms with Crippen LogP contribution in [0, 0.1) is 12.7 Å². The molecule has 3 aromatic carbocycles. The molecule has 0 saturated carbocycles. The Balaban J connectivity index is 1.49. The van der Waals surface area contributed by atoms with Crippen LogP contribution in [0.2, 0.25) is 0 Å². The van der Waals surface area contributed by atoms with Crippen molar-refractivity contribution < 1.29 is 13.9 Å². The highest BCUT2D eigenvalue weighted by molar-refractivity contribution is 9.10. The number of benzene rings is 3. The maximum absolute atomic E-state index is 13.2. The van der Waals surface area contributed by atoms with E-state index in [1.807, 2.05) is 19.9 Å². The van der Waals surface area contributed by atoms with Gasteiger partial charge in [0.05, 0.1) is 16.8 Å². The molecule has 0 aliphatic carbocycles. The molecule has 0 radical (unpaired) electrons. The van der Waals surface area contributed by atoms with E-state index in [4.69, 9.17) is 17.0 Å². The van der Waals surface area contributed by atoms with E-state index in [9.17, 15) is 9.18 Å². The summed E-state index contributed by atoms with van der Waals surface area (Å²) in [7, 11) is 0. The minimum absolute atomic E-state index is 0.151. The molecule has 0 unspecified atom stereocenters. The molecule has 10 heteroatoms. The Morgan fingerprint density at radius 3 is 2.48 bits per heavy atom. The molecule has 0 spiro atoms. The normalized spacial score (nSPS) is 10.8. The molecule has 0 fully saturated rings. The Kier molecular flexibility index (Phi) is 6.66. The molecular weight excluding hydrogens is 509 g/mol. The van der Waals surface area contributed by atoms with E-state index in [2.05, 4.69) is 36.8 Å². The van der Waals surface area contributed by atoms with Crippen molar-refractivity contribution in [3.05, 3.63) is 76.0 Å². The number of amides is 1. The Bertz CT molecular complexity index is 1360. The van der Waals surface area contributed by atoms with Crippen LogP contribution in [0.1, 0.15) is 22.8 Å². The zero-order chi connectivity index (χ0) is 23.5. The molecule has 168 valence electrons. The van der Waals surface area contributed by atoms with Crippen molar-refractivity contribution in [3.63, 3.8) is 0 Å². The van der Waals surface area contributed by atoms with Gasteiger partial charge in [0.2, 0.25) is 0 Å². The number of fused-ring (bicyclic) bond motifs is 1. The number of nitrogens with zero attached hydrogens (tertiary/aromatic N) is 3. The smallest absolute Gasteiger partial charge is 0.257 e. The topological polar surface area (TPSA) is 81.1 Å². The molecular formula is C23H19BrFN5O2S. The number of hydrogen-bond acceptors (Lipinski definition) is 5. The maximum Gasteiger partial charge on any atom is 0.257 e. The number of rotatable bonds is 5. The number of anilines is 1. The van der Waals surface area contributed by atoms with Gasteiger partial charge in [-0.15, -0.1) is 10.2 Å². The van der Waals surface area contributed by atoms with Crippen LogP contribution in [0.4, 0.5) is 10.1 Å². The summed E-state index contributed by atoms with van der Waals surface area (Å²) in [5.74, 6) is -0.0180. The number of aromatic nitrogens is 3. The van der Waals surface area contributed by atoms with E-state index >= 15 is 0 Å². The van der Waals surface area contributed by atoms with Gasteiger partial charge < -0.3 is 10.1 Å². The minimum Gasteiger partial charge on any atom is -0.493 e. The van der Waals surface area contributed by atoms with E-state index in [0.29, 0.717) is 44.8 Å². The lowest BCUT2D eigenvalue weighted by Crippen LogP contribution is -2.34. The molecule has 0 bridgehead atoms. The summed E-state index contributed by atoms with van der Waals surface area (Å²) in [6.45, 7) is 4.31. The average molecular weight is 528 g/mol. The lowest BCUT2D eigenvalue weighted by Gasteiger charge is -2.12. The van der Waals surface area contributed by atoms with Gasteiger partial charge in [-0.1, -0.05) is 0 Å². The number of ether oxygens (including phenoxy) is 1. The van der Waals surface area contributed by atoms with Crippen LogP contribution in [0.5, 0.6) is 5.75 Å². The molecule has 33 heavy (non-hydrogen) atoms. The van der Waals surface area contributed by atoms with Crippen molar-refractivity contribution in [1.29, 1.82) is 0 Å². The molecule has 1 amide bonds. The molecule has 4 rings (SSSR count). The maximum atomic E-state index is 13.2. The molecule has 7 nitrogen and oxygen atoms in total. The van der Waals surface area contributed by atoms with Crippen LogP contribution < -0.4 is 15.4 Å². The quantitative estimate of drug-likeness (QED) is 0.349. The number of thiocarbonyl (C=S) groups is 1. The molecule has 1 aromatic heterocycles. The van der Waals surface area contributed by atoms with Gasteiger partial charge in [-0.25, -0.2) is 4.39 Å². The lowest BCUT2D eigenvalue weighted by molar-refractivity contribution is 0.0977. The second-order valence-corrected chi connectivity index (χ2v) is 8.37. The first-order valence-corrected chi connectivity index (χ1v) is 11.2.